The summed E-state index contributed by atoms with van der Waals surface area (Å²) >= 11 is 0. The minimum atomic E-state index is 0.612. The molecular formula is C12H16N4. The Balaban J connectivity index is 1.97. The number of fused-ring (bicyclic) bond motifs is 1. The van der Waals surface area contributed by atoms with Crippen LogP contribution in [-0.4, -0.2) is 27.5 Å². The summed E-state index contributed by atoms with van der Waals surface area (Å²) in [5.41, 5.74) is 3.25. The second-order valence-corrected chi connectivity index (χ2v) is 4.49. The molecule has 3 heterocycles. The molecular weight excluding hydrogens is 200 g/mol. The van der Waals surface area contributed by atoms with Crippen molar-refractivity contribution in [1.82, 2.24) is 19.7 Å². The molecule has 2 aromatic heterocycles. The lowest BCUT2D eigenvalue weighted by molar-refractivity contribution is 0.454. The predicted molar refractivity (Wildman–Crippen MR) is 62.6 cm³/mol. The molecule has 84 valence electrons. The van der Waals surface area contributed by atoms with Crippen LogP contribution >= 0.6 is 0 Å². The van der Waals surface area contributed by atoms with Crippen LogP contribution in [0.15, 0.2) is 18.6 Å². The summed E-state index contributed by atoms with van der Waals surface area (Å²) in [4.78, 5) is 8.97. The summed E-state index contributed by atoms with van der Waals surface area (Å²) in [5.74, 6) is 0.612. The van der Waals surface area contributed by atoms with Crippen LogP contribution in [0.4, 0.5) is 0 Å². The van der Waals surface area contributed by atoms with E-state index in [-0.39, 0.29) is 0 Å². The molecule has 1 aliphatic heterocycles. The third kappa shape index (κ3) is 1.69. The van der Waals surface area contributed by atoms with Gasteiger partial charge in [-0.2, -0.15) is 0 Å². The Morgan fingerprint density at radius 2 is 2.19 bits per heavy atom. The molecule has 0 atom stereocenters. The summed E-state index contributed by atoms with van der Waals surface area (Å²) in [7, 11) is 0. The molecule has 3 rings (SSSR count). The normalized spacial score (nSPS) is 18.1. The number of aromatic nitrogens is 3. The Labute approximate surface area is 94.7 Å². The minimum Gasteiger partial charge on any atom is -0.317 e. The maximum absolute atomic E-state index is 4.69. The quantitative estimate of drug-likeness (QED) is 0.785. The van der Waals surface area contributed by atoms with Crippen molar-refractivity contribution in [2.45, 2.75) is 25.7 Å². The van der Waals surface area contributed by atoms with Crippen LogP contribution in [-0.2, 0) is 0 Å². The average molecular weight is 216 g/mol. The fourth-order valence-corrected chi connectivity index (χ4v) is 2.32. The molecule has 0 amide bonds. The molecule has 0 spiro atoms. The van der Waals surface area contributed by atoms with Gasteiger partial charge in [-0.15, -0.1) is 0 Å². The molecule has 0 saturated carbocycles. The first kappa shape index (κ1) is 9.78. The van der Waals surface area contributed by atoms with Crippen molar-refractivity contribution in [3.63, 3.8) is 0 Å². The summed E-state index contributed by atoms with van der Waals surface area (Å²) in [5, 5.41) is 3.38. The average Bonchev–Trinajstić information content (AvgIpc) is 2.73. The van der Waals surface area contributed by atoms with Gasteiger partial charge in [0.05, 0.1) is 5.69 Å². The fraction of sp³-hybridized carbons (Fsp3) is 0.500. The van der Waals surface area contributed by atoms with Crippen molar-refractivity contribution in [3.8, 4) is 0 Å². The van der Waals surface area contributed by atoms with E-state index in [1.165, 1.54) is 18.5 Å². The first-order valence-electron chi connectivity index (χ1n) is 5.85. The highest BCUT2D eigenvalue weighted by Crippen LogP contribution is 2.24. The summed E-state index contributed by atoms with van der Waals surface area (Å²) in [6.45, 7) is 4.21. The maximum Gasteiger partial charge on any atom is 0.140 e. The first-order chi connectivity index (χ1) is 7.83. The van der Waals surface area contributed by atoms with E-state index < -0.39 is 0 Å². The van der Waals surface area contributed by atoms with E-state index in [2.05, 4.69) is 16.5 Å². The van der Waals surface area contributed by atoms with Crippen LogP contribution in [0.5, 0.6) is 0 Å². The molecule has 0 radical (unpaired) electrons. The lowest BCUT2D eigenvalue weighted by Gasteiger charge is -2.20. The van der Waals surface area contributed by atoms with Crippen molar-refractivity contribution in [1.29, 1.82) is 0 Å². The largest absolute Gasteiger partial charge is 0.317 e. The van der Waals surface area contributed by atoms with Gasteiger partial charge < -0.3 is 5.32 Å². The lowest BCUT2D eigenvalue weighted by atomic mass is 9.95. The molecule has 1 N–H and O–H groups in total. The number of rotatable bonds is 1. The van der Waals surface area contributed by atoms with Crippen molar-refractivity contribution in [2.24, 2.45) is 0 Å². The van der Waals surface area contributed by atoms with Crippen LogP contribution in [0.25, 0.3) is 5.65 Å². The van der Waals surface area contributed by atoms with E-state index in [1.807, 2.05) is 23.7 Å². The SMILES string of the molecule is Cc1cc2nc(C3CCNCC3)cn2cn1. The number of aryl methyl sites for hydroxylation is 1. The highest BCUT2D eigenvalue weighted by Gasteiger charge is 2.17. The molecule has 0 aromatic carbocycles. The lowest BCUT2D eigenvalue weighted by Crippen LogP contribution is -2.26. The highest BCUT2D eigenvalue weighted by molar-refractivity contribution is 5.40. The number of nitrogens with zero attached hydrogens (tertiary/aromatic N) is 3. The van der Waals surface area contributed by atoms with Gasteiger partial charge in [0.25, 0.3) is 0 Å². The summed E-state index contributed by atoms with van der Waals surface area (Å²) < 4.78 is 2.02. The molecule has 1 fully saturated rings. The van der Waals surface area contributed by atoms with E-state index in [4.69, 9.17) is 4.98 Å². The number of piperidine rings is 1. The van der Waals surface area contributed by atoms with Gasteiger partial charge in [-0.1, -0.05) is 0 Å². The highest BCUT2D eigenvalue weighted by atomic mass is 15.0. The number of nitrogens with one attached hydrogen (secondary N) is 1. The van der Waals surface area contributed by atoms with E-state index in [9.17, 15) is 0 Å². The molecule has 4 nitrogen and oxygen atoms in total. The Morgan fingerprint density at radius 1 is 1.38 bits per heavy atom. The van der Waals surface area contributed by atoms with Crippen LogP contribution in [0, 0.1) is 6.92 Å². The van der Waals surface area contributed by atoms with Crippen LogP contribution in [0.2, 0.25) is 0 Å². The Hall–Kier alpha value is -1.42. The summed E-state index contributed by atoms with van der Waals surface area (Å²) in [6, 6.07) is 2.03. The van der Waals surface area contributed by atoms with Gasteiger partial charge >= 0.3 is 0 Å². The van der Waals surface area contributed by atoms with Crippen LogP contribution in [0.1, 0.15) is 30.1 Å². The molecule has 0 bridgehead atoms. The molecule has 1 saturated heterocycles. The van der Waals surface area contributed by atoms with Gasteiger partial charge in [0.1, 0.15) is 12.0 Å². The predicted octanol–water partition coefficient (Wildman–Crippen LogP) is 1.50. The van der Waals surface area contributed by atoms with Gasteiger partial charge in [-0.25, -0.2) is 9.97 Å². The van der Waals surface area contributed by atoms with E-state index in [0.717, 1.165) is 24.4 Å². The van der Waals surface area contributed by atoms with Crippen LogP contribution < -0.4 is 5.32 Å². The molecule has 16 heavy (non-hydrogen) atoms. The van der Waals surface area contributed by atoms with Crippen molar-refractivity contribution < 1.29 is 0 Å². The van der Waals surface area contributed by atoms with E-state index >= 15 is 0 Å². The molecule has 2 aromatic rings. The number of imidazole rings is 1. The number of hydrogen-bond donors (Lipinski definition) is 1. The monoisotopic (exact) mass is 216 g/mol. The Morgan fingerprint density at radius 3 is 3.00 bits per heavy atom. The zero-order chi connectivity index (χ0) is 11.0. The molecule has 4 heteroatoms. The van der Waals surface area contributed by atoms with E-state index in [0.29, 0.717) is 5.92 Å². The topological polar surface area (TPSA) is 42.2 Å². The maximum atomic E-state index is 4.69. The second kappa shape index (κ2) is 3.87. The van der Waals surface area contributed by atoms with Crippen molar-refractivity contribution in [2.75, 3.05) is 13.1 Å². The fourth-order valence-electron chi connectivity index (χ4n) is 2.32. The molecule has 1 aliphatic rings. The van der Waals surface area contributed by atoms with Gasteiger partial charge in [-0.05, 0) is 32.9 Å². The first-order valence-corrected chi connectivity index (χ1v) is 5.85. The van der Waals surface area contributed by atoms with Crippen LogP contribution in [0.3, 0.4) is 0 Å². The molecule has 0 unspecified atom stereocenters. The smallest absolute Gasteiger partial charge is 0.140 e. The van der Waals surface area contributed by atoms with Gasteiger partial charge in [-0.3, -0.25) is 4.40 Å². The third-order valence-electron chi connectivity index (χ3n) is 3.26. The van der Waals surface area contributed by atoms with Gasteiger partial charge in [0.15, 0.2) is 0 Å². The van der Waals surface area contributed by atoms with Crippen molar-refractivity contribution in [3.05, 3.63) is 30.0 Å². The van der Waals surface area contributed by atoms with Gasteiger partial charge in [0.2, 0.25) is 0 Å². The van der Waals surface area contributed by atoms with Gasteiger partial charge in [0, 0.05) is 23.9 Å². The number of hydrogen-bond acceptors (Lipinski definition) is 3. The second-order valence-electron chi connectivity index (χ2n) is 4.49. The van der Waals surface area contributed by atoms with E-state index in [1.54, 1.807) is 0 Å². The Bertz CT molecular complexity index is 497. The zero-order valence-corrected chi connectivity index (χ0v) is 9.48. The molecule has 0 aliphatic carbocycles. The summed E-state index contributed by atoms with van der Waals surface area (Å²) in [6.07, 6.45) is 6.35. The third-order valence-corrected chi connectivity index (χ3v) is 3.26. The zero-order valence-electron chi connectivity index (χ0n) is 9.48. The van der Waals surface area contributed by atoms with Crippen molar-refractivity contribution >= 4 is 5.65 Å². The minimum absolute atomic E-state index is 0.612. The Kier molecular flexibility index (Phi) is 2.36. The standard InChI is InChI=1S/C12H16N4/c1-9-6-12-15-11(7-16(12)8-14-9)10-2-4-13-5-3-10/h6-8,10,13H,2-5H2,1H3.